The molecule has 0 bridgehead atoms. The Bertz CT molecular complexity index is 1020. The van der Waals surface area contributed by atoms with Gasteiger partial charge < -0.3 is 9.64 Å². The van der Waals surface area contributed by atoms with Gasteiger partial charge in [0, 0.05) is 15.3 Å². The van der Waals surface area contributed by atoms with Crippen molar-refractivity contribution in [2.75, 3.05) is 6.54 Å². The van der Waals surface area contributed by atoms with Crippen LogP contribution in [0.5, 0.6) is 0 Å². The summed E-state index contributed by atoms with van der Waals surface area (Å²) in [5.74, 6) is -1.33. The Morgan fingerprint density at radius 1 is 1.28 bits per heavy atom. The van der Waals surface area contributed by atoms with Crippen LogP contribution < -0.4 is 0 Å². The first-order chi connectivity index (χ1) is 13.5. The molecule has 0 saturated heterocycles. The van der Waals surface area contributed by atoms with E-state index in [1.165, 1.54) is 6.07 Å². The second-order valence-corrected chi connectivity index (χ2v) is 8.62. The largest absolute Gasteiger partial charge is 0.431 e. The van der Waals surface area contributed by atoms with Crippen LogP contribution in [-0.2, 0) is 10.3 Å². The number of fused-ring (bicyclic) bond motifs is 3. The lowest BCUT2D eigenvalue weighted by atomic mass is 9.80. The summed E-state index contributed by atoms with van der Waals surface area (Å²) < 4.78 is 85.3. The van der Waals surface area contributed by atoms with Crippen LogP contribution in [0.2, 0.25) is 0 Å². The Hall–Kier alpha value is -1.50. The van der Waals surface area contributed by atoms with Crippen molar-refractivity contribution >= 4 is 47.9 Å². The lowest BCUT2D eigenvalue weighted by Crippen LogP contribution is -2.36. The van der Waals surface area contributed by atoms with Gasteiger partial charge in [0.05, 0.1) is 16.6 Å². The first kappa shape index (κ1) is 20.8. The Labute approximate surface area is 183 Å². The average Bonchev–Trinajstić information content (AvgIpc) is 2.99. The monoisotopic (exact) mass is 590 g/mol. The van der Waals surface area contributed by atoms with E-state index in [0.29, 0.717) is 15.2 Å². The van der Waals surface area contributed by atoms with E-state index in [2.05, 4.69) is 25.7 Å². The van der Waals surface area contributed by atoms with E-state index in [9.17, 15) is 26.3 Å². The Morgan fingerprint density at radius 2 is 2.00 bits per heavy atom. The summed E-state index contributed by atoms with van der Waals surface area (Å²) in [5.41, 5.74) is -1.49. The van der Waals surface area contributed by atoms with Gasteiger partial charge in [0.15, 0.2) is 11.6 Å². The SMILES string of the molecule is Fc1c(Br)ccc2c1C(I)=CCC21CN2C=C(C(F)(F)F)C=C(OC(F)F)C2=N1. The molecule has 3 aliphatic rings. The maximum Gasteiger partial charge on any atom is 0.417 e. The van der Waals surface area contributed by atoms with Gasteiger partial charge in [-0.25, -0.2) is 4.39 Å². The number of alkyl halides is 5. The van der Waals surface area contributed by atoms with E-state index in [0.717, 1.165) is 11.1 Å². The molecule has 1 aromatic rings. The fourth-order valence-electron chi connectivity index (χ4n) is 3.61. The summed E-state index contributed by atoms with van der Waals surface area (Å²) in [6, 6.07) is 3.13. The molecular formula is C18H10BrF6IN2O. The molecule has 0 N–H and O–H groups in total. The van der Waals surface area contributed by atoms with Crippen LogP contribution in [0.1, 0.15) is 17.5 Å². The number of benzene rings is 1. The van der Waals surface area contributed by atoms with Crippen molar-refractivity contribution in [2.24, 2.45) is 4.99 Å². The standard InChI is InChI=1S/C18H10BrF6IN2O/c19-10-2-1-9-13(14(10)20)11(26)3-4-17(9)7-28-6-8(18(23,24)25)5-12(15(28)27-17)29-16(21)22/h1-3,5-6,16H,4,7H2. The molecule has 0 aromatic heterocycles. The van der Waals surface area contributed by atoms with Crippen molar-refractivity contribution in [3.05, 3.63) is 63.2 Å². The van der Waals surface area contributed by atoms with Gasteiger partial charge in [-0.05, 0) is 62.6 Å². The Kier molecular flexibility index (Phi) is 5.03. The van der Waals surface area contributed by atoms with Crippen molar-refractivity contribution in [3.8, 4) is 0 Å². The number of aliphatic imine (C=N–C) groups is 1. The molecule has 11 heteroatoms. The van der Waals surface area contributed by atoms with E-state index in [-0.39, 0.29) is 28.8 Å². The van der Waals surface area contributed by atoms with E-state index < -0.39 is 35.5 Å². The first-order valence-electron chi connectivity index (χ1n) is 8.19. The molecule has 4 rings (SSSR count). The molecule has 0 amide bonds. The summed E-state index contributed by atoms with van der Waals surface area (Å²) >= 11 is 5.11. The van der Waals surface area contributed by atoms with Gasteiger partial charge in [-0.15, -0.1) is 0 Å². The Morgan fingerprint density at radius 3 is 2.66 bits per heavy atom. The van der Waals surface area contributed by atoms with Gasteiger partial charge in [-0.3, -0.25) is 4.99 Å². The zero-order valence-electron chi connectivity index (χ0n) is 14.2. The van der Waals surface area contributed by atoms with Crippen LogP contribution in [0.25, 0.3) is 3.58 Å². The number of halogens is 8. The molecule has 2 heterocycles. The minimum Gasteiger partial charge on any atom is -0.431 e. The topological polar surface area (TPSA) is 24.8 Å². The van der Waals surface area contributed by atoms with E-state index in [1.807, 2.05) is 22.6 Å². The number of ether oxygens (including phenoxy) is 1. The average molecular weight is 591 g/mol. The summed E-state index contributed by atoms with van der Waals surface area (Å²) in [4.78, 5) is 5.61. The van der Waals surface area contributed by atoms with Gasteiger partial charge in [0.2, 0.25) is 0 Å². The fourth-order valence-corrected chi connectivity index (χ4v) is 4.69. The highest BCUT2D eigenvalue weighted by molar-refractivity contribution is 14.1. The third kappa shape index (κ3) is 3.49. The molecule has 1 spiro atoms. The van der Waals surface area contributed by atoms with E-state index >= 15 is 0 Å². The number of amidine groups is 1. The molecule has 0 radical (unpaired) electrons. The quantitative estimate of drug-likeness (QED) is 0.300. The number of rotatable bonds is 2. The zero-order chi connectivity index (χ0) is 21.1. The second kappa shape index (κ2) is 7.03. The number of nitrogens with zero attached hydrogens (tertiary/aromatic N) is 2. The zero-order valence-corrected chi connectivity index (χ0v) is 17.9. The highest BCUT2D eigenvalue weighted by Crippen LogP contribution is 2.49. The van der Waals surface area contributed by atoms with Crippen LogP contribution >= 0.6 is 38.5 Å². The maximum atomic E-state index is 14.8. The lowest BCUT2D eigenvalue weighted by Gasteiger charge is -2.32. The lowest BCUT2D eigenvalue weighted by molar-refractivity contribution is -0.0981. The van der Waals surface area contributed by atoms with Gasteiger partial charge in [0.25, 0.3) is 0 Å². The third-order valence-electron chi connectivity index (χ3n) is 4.82. The molecule has 1 aromatic carbocycles. The molecule has 0 fully saturated rings. The summed E-state index contributed by atoms with van der Waals surface area (Å²) in [6.07, 6.45) is -1.44. The normalized spacial score (nSPS) is 23.4. The number of allylic oxidation sites excluding steroid dienone is 2. The van der Waals surface area contributed by atoms with Crippen molar-refractivity contribution in [2.45, 2.75) is 24.7 Å². The second-order valence-electron chi connectivity index (χ2n) is 6.60. The molecule has 29 heavy (non-hydrogen) atoms. The molecule has 1 atom stereocenters. The summed E-state index contributed by atoms with van der Waals surface area (Å²) in [5, 5.41) is 0. The predicted molar refractivity (Wildman–Crippen MR) is 106 cm³/mol. The van der Waals surface area contributed by atoms with Gasteiger partial charge in [-0.2, -0.15) is 22.0 Å². The highest BCUT2D eigenvalue weighted by atomic mass is 127. The van der Waals surface area contributed by atoms with E-state index in [1.54, 1.807) is 12.1 Å². The summed E-state index contributed by atoms with van der Waals surface area (Å²) in [7, 11) is 0. The summed E-state index contributed by atoms with van der Waals surface area (Å²) in [6.45, 7) is -3.39. The van der Waals surface area contributed by atoms with Gasteiger partial charge in [-0.1, -0.05) is 12.1 Å². The van der Waals surface area contributed by atoms with E-state index in [4.69, 9.17) is 0 Å². The van der Waals surface area contributed by atoms with Crippen molar-refractivity contribution < 1.29 is 31.1 Å². The molecule has 0 saturated carbocycles. The first-order valence-corrected chi connectivity index (χ1v) is 10.1. The molecule has 154 valence electrons. The van der Waals surface area contributed by atoms with Crippen molar-refractivity contribution in [1.29, 1.82) is 0 Å². The molecule has 3 nitrogen and oxygen atoms in total. The van der Waals surface area contributed by atoms with Crippen LogP contribution in [0.4, 0.5) is 26.3 Å². The van der Waals surface area contributed by atoms with Crippen LogP contribution in [-0.4, -0.2) is 30.1 Å². The predicted octanol–water partition coefficient (Wildman–Crippen LogP) is 6.26. The number of hydrogen-bond acceptors (Lipinski definition) is 3. The molecule has 1 unspecified atom stereocenters. The molecular weight excluding hydrogens is 581 g/mol. The number of hydrogen-bond donors (Lipinski definition) is 0. The van der Waals surface area contributed by atoms with Gasteiger partial charge >= 0.3 is 12.8 Å². The van der Waals surface area contributed by atoms with Crippen LogP contribution in [0, 0.1) is 5.82 Å². The molecule has 1 aliphatic carbocycles. The third-order valence-corrected chi connectivity index (χ3v) is 6.42. The minimum absolute atomic E-state index is 0.0691. The van der Waals surface area contributed by atoms with Crippen molar-refractivity contribution in [1.82, 2.24) is 4.90 Å². The minimum atomic E-state index is -4.76. The van der Waals surface area contributed by atoms with Crippen LogP contribution in [0.15, 0.2) is 51.3 Å². The van der Waals surface area contributed by atoms with Gasteiger partial charge in [0.1, 0.15) is 11.4 Å². The van der Waals surface area contributed by atoms with Crippen molar-refractivity contribution in [3.63, 3.8) is 0 Å². The Balaban J connectivity index is 1.86. The van der Waals surface area contributed by atoms with Crippen LogP contribution in [0.3, 0.4) is 0 Å². The fraction of sp³-hybridized carbons (Fsp3) is 0.278. The highest BCUT2D eigenvalue weighted by Gasteiger charge is 2.48. The smallest absolute Gasteiger partial charge is 0.417 e. The molecule has 2 aliphatic heterocycles. The maximum absolute atomic E-state index is 14.8.